The van der Waals surface area contributed by atoms with Gasteiger partial charge in [-0.3, -0.25) is 0 Å². The van der Waals surface area contributed by atoms with E-state index in [0.717, 1.165) is 62.1 Å². The second kappa shape index (κ2) is 14.2. The average molecular weight is 877 g/mol. The Morgan fingerprint density at radius 2 is 0.908 bits per heavy atom. The van der Waals surface area contributed by atoms with Gasteiger partial charge in [-0.1, -0.05) is 72.8 Å². The van der Waals surface area contributed by atoms with Crippen LogP contribution in [0.5, 0.6) is 23.0 Å². The Morgan fingerprint density at radius 1 is 0.477 bits per heavy atom. The summed E-state index contributed by atoms with van der Waals surface area (Å²) in [7, 11) is -4.01. The van der Waals surface area contributed by atoms with Crippen molar-refractivity contribution in [2.75, 3.05) is 6.79 Å². The fourth-order valence-electron chi connectivity index (χ4n) is 10.8. The van der Waals surface area contributed by atoms with Crippen molar-refractivity contribution in [3.05, 3.63) is 232 Å². The lowest BCUT2D eigenvalue weighted by Gasteiger charge is -2.40. The SMILES string of the molecule is C[C@@]12C3=CC[C@H](N3)[C@@]3(C)c4cccc(c4)O[P@](=O)(c4ccccc4)Oc4cccc(c4)[C@@](C)(c4ccc([nH]4)[C@@](C)(c4cccc(c4)OCOc4cccc1c4)c1ccc2[nH]1)c1ccc3[nH]1. The minimum Gasteiger partial charge on any atom is -0.457 e. The van der Waals surface area contributed by atoms with Crippen molar-refractivity contribution in [1.29, 1.82) is 0 Å². The van der Waals surface area contributed by atoms with Crippen molar-refractivity contribution in [2.24, 2.45) is 0 Å². The molecule has 0 fully saturated rings. The fraction of sp³-hybridized carbons (Fsp3) is 0.200. The van der Waals surface area contributed by atoms with E-state index in [9.17, 15) is 0 Å². The number of H-pyrrole nitrogens is 3. The third-order valence-electron chi connectivity index (χ3n) is 15.1. The van der Waals surface area contributed by atoms with Gasteiger partial charge in [-0.2, -0.15) is 0 Å². The zero-order valence-corrected chi connectivity index (χ0v) is 37.5. The van der Waals surface area contributed by atoms with Crippen LogP contribution in [-0.4, -0.2) is 27.8 Å². The maximum atomic E-state index is 15.4. The summed E-state index contributed by atoms with van der Waals surface area (Å²) >= 11 is 0. The predicted octanol–water partition coefficient (Wildman–Crippen LogP) is 11.3. The van der Waals surface area contributed by atoms with Gasteiger partial charge in [0.2, 0.25) is 6.79 Å². The minimum atomic E-state index is -4.01. The summed E-state index contributed by atoms with van der Waals surface area (Å²) in [6.45, 7) is 9.14. The first kappa shape index (κ1) is 39.5. The lowest BCUT2D eigenvalue weighted by molar-refractivity contribution is 0.119. The first-order valence-electron chi connectivity index (χ1n) is 22.3. The molecule has 4 aliphatic rings. The van der Waals surface area contributed by atoms with E-state index >= 15 is 4.57 Å². The Kier molecular flexibility index (Phi) is 8.63. The molecule has 12 rings (SSSR count). The quantitative estimate of drug-likeness (QED) is 0.122. The molecular weight excluding hydrogens is 828 g/mol. The van der Waals surface area contributed by atoms with E-state index < -0.39 is 29.3 Å². The summed E-state index contributed by atoms with van der Waals surface area (Å²) in [6, 6.07) is 55.0. The number of nitrogens with one attached hydrogen (secondary N) is 4. The van der Waals surface area contributed by atoms with E-state index in [1.807, 2.05) is 72.8 Å². The highest BCUT2D eigenvalue weighted by atomic mass is 31.2. The standard InChI is InChI=1S/C55H49N4O5P/c1-52-35-12-8-16-39(30-35)61-34-62-40-17-9-13-36(31-40)53(2,45-23-22-44(52)56-45)47-25-27-49(58-47)55(4)38-15-11-19-42(33-38)64-65(60,43-20-6-5-7-21-43)63-41-18-10-14-37(32-41)54(3,48-26-24-46(52)57-48)50-28-29-51(55)59-50/h5-26,28-33,49,56-59H,27,34H2,1-4H3/t49-,52-,53+,54-,55+,65-/m0/s1. The maximum absolute atomic E-state index is 15.4. The van der Waals surface area contributed by atoms with Crippen molar-refractivity contribution in [3.8, 4) is 23.0 Å². The normalized spacial score (nSPS) is 27.3. The smallest absolute Gasteiger partial charge is 0.457 e. The fourth-order valence-corrected chi connectivity index (χ4v) is 12.4. The van der Waals surface area contributed by atoms with Crippen molar-refractivity contribution in [1.82, 2.24) is 20.3 Å². The topological polar surface area (TPSA) is 113 Å². The van der Waals surface area contributed by atoms with Crippen LogP contribution in [0.1, 0.15) is 90.5 Å². The molecule has 0 aliphatic carbocycles. The number of aromatic amines is 3. The molecule has 8 aromatic rings. The number of hydrogen-bond donors (Lipinski definition) is 4. The van der Waals surface area contributed by atoms with Gasteiger partial charge in [0.25, 0.3) is 0 Å². The van der Waals surface area contributed by atoms with Crippen molar-refractivity contribution >= 4 is 12.9 Å². The van der Waals surface area contributed by atoms with E-state index in [-0.39, 0.29) is 12.8 Å². The van der Waals surface area contributed by atoms with E-state index in [2.05, 4.69) is 133 Å². The van der Waals surface area contributed by atoms with Crippen LogP contribution in [0.15, 0.2) is 176 Å². The Bertz CT molecular complexity index is 3240. The number of benzene rings is 5. The number of ether oxygens (including phenoxy) is 2. The van der Waals surface area contributed by atoms with Gasteiger partial charge in [0, 0.05) is 45.9 Å². The molecule has 7 heterocycles. The molecule has 0 radical (unpaired) electrons. The summed E-state index contributed by atoms with van der Waals surface area (Å²) in [5, 5.41) is 4.61. The first-order valence-corrected chi connectivity index (χ1v) is 23.8. The Hall–Kier alpha value is -7.09. The van der Waals surface area contributed by atoms with Crippen LogP contribution in [-0.2, 0) is 26.2 Å². The molecule has 10 heteroatoms. The minimum absolute atomic E-state index is 0.0555. The lowest BCUT2D eigenvalue weighted by atomic mass is 9.72. The molecule has 3 aromatic heterocycles. The number of aromatic nitrogens is 3. The average Bonchev–Trinajstić information content (AvgIpc) is 4.19. The van der Waals surface area contributed by atoms with Crippen molar-refractivity contribution < 1.29 is 23.1 Å². The number of hydrogen-bond acceptors (Lipinski definition) is 6. The van der Waals surface area contributed by atoms with Gasteiger partial charge in [-0.05, 0) is 153 Å². The molecule has 0 saturated heterocycles. The highest BCUT2D eigenvalue weighted by Crippen LogP contribution is 2.53. The second-order valence-electron chi connectivity index (χ2n) is 18.5. The third kappa shape index (κ3) is 5.87. The third-order valence-corrected chi connectivity index (χ3v) is 16.9. The molecule has 0 spiro atoms. The van der Waals surface area contributed by atoms with E-state index in [1.54, 1.807) is 12.1 Å². The summed E-state index contributed by atoms with van der Waals surface area (Å²) in [5.41, 5.74) is 8.25. The van der Waals surface area contributed by atoms with Gasteiger partial charge >= 0.3 is 7.60 Å². The molecule has 9 nitrogen and oxygen atoms in total. The molecule has 4 aliphatic heterocycles. The number of allylic oxidation sites excluding steroid dienone is 1. The molecule has 65 heavy (non-hydrogen) atoms. The molecule has 5 aromatic carbocycles. The molecule has 4 N–H and O–H groups in total. The second-order valence-corrected chi connectivity index (χ2v) is 20.4. The lowest BCUT2D eigenvalue weighted by Crippen LogP contribution is -2.47. The van der Waals surface area contributed by atoms with Crippen LogP contribution in [0.25, 0.3) is 0 Å². The van der Waals surface area contributed by atoms with Crippen LogP contribution < -0.4 is 29.1 Å². The van der Waals surface area contributed by atoms with Crippen molar-refractivity contribution in [3.63, 3.8) is 0 Å². The molecule has 20 bridgehead atoms. The summed E-state index contributed by atoms with van der Waals surface area (Å²) in [4.78, 5) is 12.1. The monoisotopic (exact) mass is 876 g/mol. The Labute approximate surface area is 378 Å². The maximum Gasteiger partial charge on any atom is 0.462 e. The van der Waals surface area contributed by atoms with Gasteiger partial charge in [-0.15, -0.1) is 0 Å². The van der Waals surface area contributed by atoms with Gasteiger partial charge in [-0.25, -0.2) is 4.57 Å². The molecule has 324 valence electrons. The van der Waals surface area contributed by atoms with Gasteiger partial charge in [0.1, 0.15) is 23.0 Å². The molecular formula is C55H49N4O5P. The first-order chi connectivity index (χ1) is 31.5. The number of fused-ring (bicyclic) bond motifs is 20. The largest absolute Gasteiger partial charge is 0.462 e. The predicted molar refractivity (Wildman–Crippen MR) is 253 cm³/mol. The summed E-state index contributed by atoms with van der Waals surface area (Å²) in [5.74, 6) is 2.30. The molecule has 6 atom stereocenters. The zero-order valence-electron chi connectivity index (χ0n) is 36.6. The Balaban J connectivity index is 1.17. The van der Waals surface area contributed by atoms with Crippen LogP contribution in [0.2, 0.25) is 0 Å². The molecule has 0 saturated carbocycles. The molecule has 0 unspecified atom stereocenters. The summed E-state index contributed by atoms with van der Waals surface area (Å²) < 4.78 is 41.3. The van der Waals surface area contributed by atoms with E-state index in [1.165, 1.54) is 0 Å². The van der Waals surface area contributed by atoms with Crippen LogP contribution in [0.4, 0.5) is 0 Å². The zero-order chi connectivity index (χ0) is 44.2. The van der Waals surface area contributed by atoms with E-state index in [4.69, 9.17) is 18.5 Å². The summed E-state index contributed by atoms with van der Waals surface area (Å²) in [6.07, 6.45) is 3.07. The van der Waals surface area contributed by atoms with E-state index in [0.29, 0.717) is 34.7 Å². The van der Waals surface area contributed by atoms with Crippen molar-refractivity contribution in [2.45, 2.75) is 61.8 Å². The van der Waals surface area contributed by atoms with Gasteiger partial charge in [0.05, 0.1) is 27.0 Å². The van der Waals surface area contributed by atoms with Gasteiger partial charge < -0.3 is 38.8 Å². The van der Waals surface area contributed by atoms with Crippen LogP contribution >= 0.6 is 7.60 Å². The number of rotatable bonds is 1. The van der Waals surface area contributed by atoms with Gasteiger partial charge in [0.15, 0.2) is 0 Å². The molecule has 0 amide bonds. The van der Waals surface area contributed by atoms with Crippen LogP contribution in [0, 0.1) is 0 Å². The van der Waals surface area contributed by atoms with Crippen LogP contribution in [0.3, 0.4) is 0 Å². The highest BCUT2D eigenvalue weighted by molar-refractivity contribution is 7.63. The highest BCUT2D eigenvalue weighted by Gasteiger charge is 2.48. The Morgan fingerprint density at radius 3 is 1.46 bits per heavy atom.